The van der Waals surface area contributed by atoms with Gasteiger partial charge in [-0.05, 0) is 48.9 Å². The fraction of sp³-hybridized carbons (Fsp3) is 0.222. The number of carbonyl (C=O) groups is 2. The number of rotatable bonds is 5. The molecule has 0 fully saturated rings. The lowest BCUT2D eigenvalue weighted by molar-refractivity contribution is -0.147. The first-order chi connectivity index (χ1) is 12.2. The molecule has 0 aliphatic heterocycles. The van der Waals surface area contributed by atoms with E-state index in [4.69, 9.17) is 4.74 Å². The maximum absolute atomic E-state index is 12.9. The fourth-order valence-corrected chi connectivity index (χ4v) is 2.11. The number of nitrogens with one attached hydrogen (secondary N) is 1. The van der Waals surface area contributed by atoms with Gasteiger partial charge in [-0.25, -0.2) is 4.39 Å². The summed E-state index contributed by atoms with van der Waals surface area (Å²) in [4.78, 5) is 23.6. The minimum Gasteiger partial charge on any atom is -0.456 e. The van der Waals surface area contributed by atoms with Crippen LogP contribution in [0.15, 0.2) is 48.5 Å². The zero-order chi connectivity index (χ0) is 19.3. The van der Waals surface area contributed by atoms with Crippen molar-refractivity contribution in [3.8, 4) is 0 Å². The van der Waals surface area contributed by atoms with Crippen LogP contribution in [0.5, 0.6) is 0 Å². The molecule has 138 valence electrons. The number of halogens is 4. The van der Waals surface area contributed by atoms with Crippen molar-refractivity contribution in [2.45, 2.75) is 19.2 Å². The summed E-state index contributed by atoms with van der Waals surface area (Å²) < 4.78 is 55.4. The average Bonchev–Trinajstić information content (AvgIpc) is 2.59. The van der Waals surface area contributed by atoms with Crippen molar-refractivity contribution in [1.82, 2.24) is 5.32 Å². The fourth-order valence-electron chi connectivity index (χ4n) is 2.11. The van der Waals surface area contributed by atoms with E-state index >= 15 is 0 Å². The Kier molecular flexibility index (Phi) is 5.97. The summed E-state index contributed by atoms with van der Waals surface area (Å²) in [6, 6.07) is 8.99. The van der Waals surface area contributed by atoms with Crippen LogP contribution in [0.25, 0.3) is 0 Å². The predicted octanol–water partition coefficient (Wildman–Crippen LogP) is 3.88. The number of ether oxygens (including phenoxy) is 1. The van der Waals surface area contributed by atoms with Crippen LogP contribution in [0.4, 0.5) is 17.6 Å². The van der Waals surface area contributed by atoms with Gasteiger partial charge in [-0.1, -0.05) is 12.1 Å². The Labute approximate surface area is 146 Å². The van der Waals surface area contributed by atoms with Crippen molar-refractivity contribution in [3.05, 3.63) is 71.0 Å². The van der Waals surface area contributed by atoms with Gasteiger partial charge in [0.05, 0.1) is 5.56 Å². The number of amides is 1. The number of hydrogen-bond acceptors (Lipinski definition) is 3. The molecule has 0 heterocycles. The van der Waals surface area contributed by atoms with Crippen LogP contribution in [0.1, 0.15) is 34.5 Å². The first-order valence-electron chi connectivity index (χ1n) is 7.57. The van der Waals surface area contributed by atoms with E-state index in [0.717, 1.165) is 24.3 Å². The summed E-state index contributed by atoms with van der Waals surface area (Å²) in [6.07, 6.45) is -5.14. The lowest BCUT2D eigenvalue weighted by atomic mass is 10.1. The maximum Gasteiger partial charge on any atom is 0.416 e. The lowest BCUT2D eigenvalue weighted by Crippen LogP contribution is -2.31. The number of benzene rings is 2. The topological polar surface area (TPSA) is 55.4 Å². The molecule has 8 heteroatoms. The van der Waals surface area contributed by atoms with Crippen LogP contribution in [-0.4, -0.2) is 18.4 Å². The maximum atomic E-state index is 12.9. The molecule has 2 aromatic carbocycles. The van der Waals surface area contributed by atoms with Crippen LogP contribution in [0.3, 0.4) is 0 Å². The van der Waals surface area contributed by atoms with Crippen LogP contribution in [-0.2, 0) is 15.7 Å². The summed E-state index contributed by atoms with van der Waals surface area (Å²) in [5.41, 5.74) is -0.312. The Morgan fingerprint density at radius 3 is 2.15 bits per heavy atom. The molecule has 26 heavy (non-hydrogen) atoms. The average molecular weight is 369 g/mol. The van der Waals surface area contributed by atoms with Gasteiger partial charge in [0.25, 0.3) is 5.91 Å². The third-order valence-electron chi connectivity index (χ3n) is 3.52. The van der Waals surface area contributed by atoms with E-state index in [9.17, 15) is 27.2 Å². The second kappa shape index (κ2) is 7.99. The summed E-state index contributed by atoms with van der Waals surface area (Å²) in [7, 11) is 0. The highest BCUT2D eigenvalue weighted by Crippen LogP contribution is 2.29. The molecule has 0 saturated heterocycles. The molecule has 0 aliphatic rings. The molecule has 1 unspecified atom stereocenters. The van der Waals surface area contributed by atoms with Crippen LogP contribution >= 0.6 is 0 Å². The number of hydrogen-bond donors (Lipinski definition) is 1. The van der Waals surface area contributed by atoms with Crippen molar-refractivity contribution in [3.63, 3.8) is 0 Å². The Morgan fingerprint density at radius 1 is 1.04 bits per heavy atom. The number of alkyl halides is 3. The predicted molar refractivity (Wildman–Crippen MR) is 84.7 cm³/mol. The molecule has 2 aromatic rings. The van der Waals surface area contributed by atoms with Gasteiger partial charge in [-0.2, -0.15) is 13.2 Å². The zero-order valence-corrected chi connectivity index (χ0v) is 13.6. The molecule has 1 N–H and O–H groups in total. The van der Waals surface area contributed by atoms with Gasteiger partial charge in [0.2, 0.25) is 0 Å². The highest BCUT2D eigenvalue weighted by atomic mass is 19.4. The van der Waals surface area contributed by atoms with E-state index < -0.39 is 42.1 Å². The van der Waals surface area contributed by atoms with Crippen molar-refractivity contribution < 1.29 is 31.9 Å². The van der Waals surface area contributed by atoms with E-state index in [1.165, 1.54) is 24.3 Å². The monoisotopic (exact) mass is 369 g/mol. The summed E-state index contributed by atoms with van der Waals surface area (Å²) in [5.74, 6) is -1.86. The summed E-state index contributed by atoms with van der Waals surface area (Å²) in [6.45, 7) is 1.13. The van der Waals surface area contributed by atoms with Crippen LogP contribution in [0, 0.1) is 5.82 Å². The van der Waals surface area contributed by atoms with Gasteiger partial charge in [0.15, 0.2) is 0 Å². The SMILES string of the molecule is CC(OC(=O)CNC(=O)c1ccc(C(F)(F)F)cc1)c1ccc(F)cc1. The molecule has 0 saturated carbocycles. The molecular formula is C18H15F4NO3. The zero-order valence-electron chi connectivity index (χ0n) is 13.6. The molecule has 4 nitrogen and oxygen atoms in total. The van der Waals surface area contributed by atoms with Gasteiger partial charge in [-0.3, -0.25) is 9.59 Å². The standard InChI is InChI=1S/C18H15F4NO3/c1-11(12-4-8-15(19)9-5-12)26-16(24)10-23-17(25)13-2-6-14(7-3-13)18(20,21)22/h2-9,11H,10H2,1H3,(H,23,25). The first kappa shape index (κ1) is 19.4. The van der Waals surface area contributed by atoms with E-state index in [1.54, 1.807) is 6.92 Å². The van der Waals surface area contributed by atoms with E-state index in [0.29, 0.717) is 5.56 Å². The molecular weight excluding hydrogens is 354 g/mol. The molecule has 0 aliphatic carbocycles. The van der Waals surface area contributed by atoms with Gasteiger partial charge in [0.1, 0.15) is 18.5 Å². The Hall–Kier alpha value is -2.90. The van der Waals surface area contributed by atoms with E-state index in [1.807, 2.05) is 0 Å². The second-order valence-corrected chi connectivity index (χ2v) is 5.44. The Balaban J connectivity index is 1.86. The van der Waals surface area contributed by atoms with Crippen LogP contribution < -0.4 is 5.32 Å². The van der Waals surface area contributed by atoms with E-state index in [-0.39, 0.29) is 5.56 Å². The molecule has 1 atom stereocenters. The number of carbonyl (C=O) groups excluding carboxylic acids is 2. The van der Waals surface area contributed by atoms with Gasteiger partial charge in [0, 0.05) is 5.56 Å². The number of esters is 1. The minimum absolute atomic E-state index is 0.0163. The van der Waals surface area contributed by atoms with Gasteiger partial charge < -0.3 is 10.1 Å². The summed E-state index contributed by atoms with van der Waals surface area (Å²) >= 11 is 0. The van der Waals surface area contributed by atoms with Crippen molar-refractivity contribution in [2.24, 2.45) is 0 Å². The minimum atomic E-state index is -4.49. The largest absolute Gasteiger partial charge is 0.456 e. The molecule has 0 aromatic heterocycles. The van der Waals surface area contributed by atoms with Crippen molar-refractivity contribution in [1.29, 1.82) is 0 Å². The normalized spacial score (nSPS) is 12.3. The molecule has 1 amide bonds. The highest BCUT2D eigenvalue weighted by molar-refractivity contribution is 5.95. The molecule has 0 bridgehead atoms. The smallest absolute Gasteiger partial charge is 0.416 e. The van der Waals surface area contributed by atoms with Gasteiger partial charge in [-0.15, -0.1) is 0 Å². The third-order valence-corrected chi connectivity index (χ3v) is 3.52. The Bertz CT molecular complexity index is 771. The molecule has 0 radical (unpaired) electrons. The van der Waals surface area contributed by atoms with Crippen molar-refractivity contribution >= 4 is 11.9 Å². The van der Waals surface area contributed by atoms with Gasteiger partial charge >= 0.3 is 12.1 Å². The second-order valence-electron chi connectivity index (χ2n) is 5.44. The lowest BCUT2D eigenvalue weighted by Gasteiger charge is -2.14. The Morgan fingerprint density at radius 2 is 1.62 bits per heavy atom. The summed E-state index contributed by atoms with van der Waals surface area (Å²) in [5, 5.41) is 2.27. The third kappa shape index (κ3) is 5.30. The van der Waals surface area contributed by atoms with Crippen LogP contribution in [0.2, 0.25) is 0 Å². The quantitative estimate of drug-likeness (QED) is 0.643. The highest BCUT2D eigenvalue weighted by Gasteiger charge is 2.30. The van der Waals surface area contributed by atoms with Crippen molar-refractivity contribution in [2.75, 3.05) is 6.54 Å². The van der Waals surface area contributed by atoms with E-state index in [2.05, 4.69) is 5.32 Å². The first-order valence-corrected chi connectivity index (χ1v) is 7.57. The molecule has 0 spiro atoms. The molecule has 2 rings (SSSR count).